The summed E-state index contributed by atoms with van der Waals surface area (Å²) in [5, 5.41) is 15.5. The first-order valence-corrected chi connectivity index (χ1v) is 19.0. The normalized spacial score (nSPS) is 37.9. The Bertz CT molecular complexity index is 1540. The number of aliphatic hydroxyl groups excluding tert-OH is 1. The van der Waals surface area contributed by atoms with Gasteiger partial charge in [0, 0.05) is 55.6 Å². The number of hydrogen-bond donors (Lipinski definition) is 3. The van der Waals surface area contributed by atoms with Gasteiger partial charge in [0.15, 0.2) is 11.9 Å². The molecule has 0 radical (unpaired) electrons. The van der Waals surface area contributed by atoms with E-state index in [1.165, 1.54) is 11.9 Å². The molecule has 2 saturated heterocycles. The molecule has 12 atom stereocenters. The van der Waals surface area contributed by atoms with Gasteiger partial charge in [0.1, 0.15) is 24.0 Å². The summed E-state index contributed by atoms with van der Waals surface area (Å²) in [6.45, 7) is 16.1. The van der Waals surface area contributed by atoms with Crippen molar-refractivity contribution in [3.8, 4) is 0 Å². The molecule has 3 aliphatic rings. The summed E-state index contributed by atoms with van der Waals surface area (Å²) in [4.78, 5) is 55.6. The molecule has 0 aliphatic carbocycles. The Labute approximate surface area is 320 Å². The first kappa shape index (κ1) is 43.3. The summed E-state index contributed by atoms with van der Waals surface area (Å²) in [7, 11) is 5.36. The quantitative estimate of drug-likeness (QED) is 0.301. The third-order valence-electron chi connectivity index (χ3n) is 11.4. The molecule has 3 aliphatic heterocycles. The van der Waals surface area contributed by atoms with Gasteiger partial charge in [-0.05, 0) is 78.7 Å². The second-order valence-electron chi connectivity index (χ2n) is 16.0. The van der Waals surface area contributed by atoms with Crippen LogP contribution in [-0.4, -0.2) is 114 Å². The molecule has 1 aromatic rings. The highest BCUT2D eigenvalue weighted by Gasteiger charge is 2.60. The van der Waals surface area contributed by atoms with Crippen molar-refractivity contribution in [3.05, 3.63) is 41.5 Å². The first-order valence-electron chi connectivity index (χ1n) is 19.0. The van der Waals surface area contributed by atoms with Crippen LogP contribution in [0.1, 0.15) is 87.1 Å². The Morgan fingerprint density at radius 3 is 2.31 bits per heavy atom. The fourth-order valence-electron chi connectivity index (χ4n) is 8.52. The van der Waals surface area contributed by atoms with E-state index in [0.29, 0.717) is 24.1 Å². The van der Waals surface area contributed by atoms with E-state index >= 15 is 0 Å². The Morgan fingerprint density at radius 1 is 1.09 bits per heavy atom. The topological polar surface area (TPSA) is 165 Å². The summed E-state index contributed by atoms with van der Waals surface area (Å²) >= 11 is 0. The van der Waals surface area contributed by atoms with Crippen LogP contribution in [0.25, 0.3) is 0 Å². The molecule has 3 N–H and O–H groups in total. The van der Waals surface area contributed by atoms with E-state index in [9.17, 15) is 24.3 Å². The van der Waals surface area contributed by atoms with Crippen LogP contribution < -0.4 is 10.7 Å². The number of esters is 1. The number of amides is 2. The molecule has 302 valence electrons. The Morgan fingerprint density at radius 2 is 1.74 bits per heavy atom. The Balaban J connectivity index is 1.73. The molecule has 2 amide bonds. The summed E-state index contributed by atoms with van der Waals surface area (Å²) in [5.74, 6) is -2.78. The summed E-state index contributed by atoms with van der Waals surface area (Å²) in [6.07, 6.45) is -1.64. The zero-order valence-electron chi connectivity index (χ0n) is 34.0. The van der Waals surface area contributed by atoms with E-state index in [1.54, 1.807) is 46.1 Å². The number of cyclic esters (lactones) is 1. The van der Waals surface area contributed by atoms with Gasteiger partial charge in [-0.25, -0.2) is 20.0 Å². The number of ether oxygens (including phenoxy) is 5. The van der Waals surface area contributed by atoms with E-state index in [2.05, 4.69) is 10.7 Å². The number of nitrogens with one attached hydrogen (secondary N) is 2. The first-order chi connectivity index (χ1) is 25.3. The molecule has 0 bridgehead atoms. The SMILES string of the molecule is CC[C@H]1OC(=O)/C(C)=C/[C@H](C)[C@@H](O[C@@H]2O[C@H](C)C[C@H](N(C)C)[C@H]2O)[C@@](C)(OC)C[C@@H](C)C(=O)[C@H](C)[C@H]2N(NCc3ccc(NC(C)=O)cc3)C(=O)O[C@]12C. The summed E-state index contributed by atoms with van der Waals surface area (Å²) in [5.41, 5.74) is 2.44. The number of ketones is 1. The largest absolute Gasteiger partial charge is 0.455 e. The average Bonchev–Trinajstić information content (AvgIpc) is 3.37. The number of Topliss-reactive ketones (excluding diaryl/α,β-unsaturated/α-hetero) is 1. The standard InChI is InChI=1S/C40H62N4O10/c1-13-31-40(9)34(44(38(49)54-40)41-21-28-14-16-29(17-15-28)42-27(7)45)26(6)32(46)24(4)20-39(8,50-12)35(22(2)18-23(3)36(48)52-31)53-37-33(47)30(43(10)11)19-25(5)51-37/h14-18,22,24-26,30-31,33-35,37,41,47H,13,19-21H2,1-12H3,(H,42,45)/b23-18+/t22-,24+,25+,26-,30-,31+,33+,34+,35+,37-,39-,40+/m0/s1. The van der Waals surface area contributed by atoms with Gasteiger partial charge in [-0.2, -0.15) is 0 Å². The highest BCUT2D eigenvalue weighted by molar-refractivity contribution is 5.89. The minimum absolute atomic E-state index is 0.147. The van der Waals surface area contributed by atoms with Gasteiger partial charge in [0.05, 0.1) is 17.8 Å². The number of nitrogens with zero attached hydrogens (tertiary/aromatic N) is 2. The van der Waals surface area contributed by atoms with Gasteiger partial charge in [0.2, 0.25) is 5.91 Å². The number of fused-ring (bicyclic) bond motifs is 1. The predicted molar refractivity (Wildman–Crippen MR) is 202 cm³/mol. The lowest BCUT2D eigenvalue weighted by atomic mass is 9.74. The number of rotatable bonds is 9. The van der Waals surface area contributed by atoms with Crippen LogP contribution in [0.15, 0.2) is 35.9 Å². The number of benzene rings is 1. The molecule has 14 nitrogen and oxygen atoms in total. The fourth-order valence-corrected chi connectivity index (χ4v) is 8.52. The number of hydrazine groups is 1. The molecule has 0 saturated carbocycles. The minimum atomic E-state index is -1.40. The Kier molecular flexibility index (Phi) is 14.1. The van der Waals surface area contributed by atoms with Crippen molar-refractivity contribution in [3.63, 3.8) is 0 Å². The molecular formula is C40H62N4O10. The third-order valence-corrected chi connectivity index (χ3v) is 11.4. The van der Waals surface area contributed by atoms with Gasteiger partial charge < -0.3 is 39.0 Å². The zero-order chi connectivity index (χ0) is 40.3. The van der Waals surface area contributed by atoms with E-state index < -0.39 is 71.7 Å². The second-order valence-corrected chi connectivity index (χ2v) is 16.0. The maximum absolute atomic E-state index is 14.6. The molecule has 0 aromatic heterocycles. The molecule has 0 spiro atoms. The molecule has 14 heteroatoms. The van der Waals surface area contributed by atoms with Crippen LogP contribution in [0.2, 0.25) is 0 Å². The molecule has 1 aromatic carbocycles. The minimum Gasteiger partial charge on any atom is -0.455 e. The van der Waals surface area contributed by atoms with Crippen LogP contribution in [0.5, 0.6) is 0 Å². The zero-order valence-corrected chi connectivity index (χ0v) is 34.0. The molecule has 54 heavy (non-hydrogen) atoms. The molecule has 2 fully saturated rings. The third kappa shape index (κ3) is 9.34. The van der Waals surface area contributed by atoms with Crippen molar-refractivity contribution in [2.24, 2.45) is 17.8 Å². The number of methoxy groups -OCH3 is 1. The maximum atomic E-state index is 14.6. The van der Waals surface area contributed by atoms with Crippen molar-refractivity contribution in [2.75, 3.05) is 26.5 Å². The van der Waals surface area contributed by atoms with Crippen molar-refractivity contribution < 1.29 is 48.0 Å². The number of hydrogen-bond acceptors (Lipinski definition) is 12. The highest BCUT2D eigenvalue weighted by atomic mass is 16.7. The van der Waals surface area contributed by atoms with Gasteiger partial charge in [-0.3, -0.25) is 9.59 Å². The van der Waals surface area contributed by atoms with E-state index in [-0.39, 0.29) is 36.8 Å². The number of likely N-dealkylation sites (N-methyl/N-ethyl adjacent to an activating group) is 1. The van der Waals surface area contributed by atoms with Gasteiger partial charge in [-0.15, -0.1) is 0 Å². The van der Waals surface area contributed by atoms with Crippen molar-refractivity contribution in [1.82, 2.24) is 15.3 Å². The van der Waals surface area contributed by atoms with E-state index in [4.69, 9.17) is 23.7 Å². The van der Waals surface area contributed by atoms with Crippen LogP contribution in [0.4, 0.5) is 10.5 Å². The Hall–Kier alpha value is -3.40. The van der Waals surface area contributed by atoms with Crippen molar-refractivity contribution in [1.29, 1.82) is 0 Å². The summed E-state index contributed by atoms with van der Waals surface area (Å²) in [6, 6.07) is 6.06. The van der Waals surface area contributed by atoms with Gasteiger partial charge in [0.25, 0.3) is 0 Å². The highest BCUT2D eigenvalue weighted by Crippen LogP contribution is 2.42. The van der Waals surface area contributed by atoms with Crippen LogP contribution in [0, 0.1) is 17.8 Å². The van der Waals surface area contributed by atoms with E-state index in [0.717, 1.165) is 5.56 Å². The molecule has 0 unspecified atom stereocenters. The lowest BCUT2D eigenvalue weighted by molar-refractivity contribution is -0.294. The second kappa shape index (κ2) is 17.6. The number of aliphatic hydroxyl groups is 1. The average molecular weight is 759 g/mol. The number of carbonyl (C=O) groups is 4. The van der Waals surface area contributed by atoms with Crippen LogP contribution in [-0.2, 0) is 44.6 Å². The predicted octanol–water partition coefficient (Wildman–Crippen LogP) is 4.59. The fraction of sp³-hybridized carbons (Fsp3) is 0.700. The molecule has 3 heterocycles. The van der Waals surface area contributed by atoms with Gasteiger partial charge in [-0.1, -0.05) is 45.9 Å². The van der Waals surface area contributed by atoms with Crippen LogP contribution >= 0.6 is 0 Å². The monoisotopic (exact) mass is 758 g/mol. The maximum Gasteiger partial charge on any atom is 0.425 e. The van der Waals surface area contributed by atoms with Gasteiger partial charge >= 0.3 is 12.1 Å². The number of anilines is 1. The smallest absolute Gasteiger partial charge is 0.425 e. The summed E-state index contributed by atoms with van der Waals surface area (Å²) < 4.78 is 31.3. The van der Waals surface area contributed by atoms with E-state index in [1.807, 2.05) is 65.7 Å². The number of carbonyl (C=O) groups excluding carboxylic acids is 4. The van der Waals surface area contributed by atoms with Crippen LogP contribution in [0.3, 0.4) is 0 Å². The molecular weight excluding hydrogens is 696 g/mol. The lowest BCUT2D eigenvalue weighted by Gasteiger charge is -2.46. The molecule has 4 rings (SSSR count). The van der Waals surface area contributed by atoms with Crippen molar-refractivity contribution in [2.45, 2.75) is 142 Å². The van der Waals surface area contributed by atoms with Crippen molar-refractivity contribution >= 4 is 29.4 Å². The lowest BCUT2D eigenvalue weighted by Crippen LogP contribution is -2.60.